The van der Waals surface area contributed by atoms with Crippen molar-refractivity contribution in [2.45, 2.75) is 33.7 Å². The first-order valence-corrected chi connectivity index (χ1v) is 8.60. The first-order valence-electron chi connectivity index (χ1n) is 7.78. The lowest BCUT2D eigenvalue weighted by molar-refractivity contribution is 0.0954. The molecule has 7 heteroatoms. The maximum absolute atomic E-state index is 12.1. The summed E-state index contributed by atoms with van der Waals surface area (Å²) >= 11 is 1.43. The van der Waals surface area contributed by atoms with Gasteiger partial charge in [0.05, 0.1) is 16.9 Å². The van der Waals surface area contributed by atoms with Gasteiger partial charge in [0, 0.05) is 18.4 Å². The molecule has 3 aromatic rings. The molecule has 0 aliphatic heterocycles. The van der Waals surface area contributed by atoms with Crippen LogP contribution in [0.1, 0.15) is 38.6 Å². The summed E-state index contributed by atoms with van der Waals surface area (Å²) in [5.41, 5.74) is 2.94. The highest BCUT2D eigenvalue weighted by atomic mass is 32.1. The number of rotatable bonds is 5. The van der Waals surface area contributed by atoms with Crippen molar-refractivity contribution < 1.29 is 4.79 Å². The summed E-state index contributed by atoms with van der Waals surface area (Å²) in [6, 6.07) is 5.86. The smallest absolute Gasteiger partial charge is 0.263 e. The molecule has 0 saturated carbocycles. The van der Waals surface area contributed by atoms with Crippen LogP contribution in [0.5, 0.6) is 0 Å². The number of aromatic nitrogens is 4. The van der Waals surface area contributed by atoms with Gasteiger partial charge in [0.2, 0.25) is 0 Å². The minimum Gasteiger partial charge on any atom is -0.347 e. The van der Waals surface area contributed by atoms with E-state index in [9.17, 15) is 4.79 Å². The number of carbonyl (C=O) groups is 1. The summed E-state index contributed by atoms with van der Waals surface area (Å²) in [5.74, 6) is 0.667. The molecule has 1 amide bonds. The lowest BCUT2D eigenvalue weighted by Crippen LogP contribution is -2.21. The number of nitrogens with zero attached hydrogens (tertiary/aromatic N) is 4. The molecule has 3 heterocycles. The van der Waals surface area contributed by atoms with Crippen molar-refractivity contribution in [3.8, 4) is 5.82 Å². The second kappa shape index (κ2) is 6.92. The van der Waals surface area contributed by atoms with E-state index in [4.69, 9.17) is 0 Å². The van der Waals surface area contributed by atoms with Crippen LogP contribution < -0.4 is 5.32 Å². The molecule has 0 atom stereocenters. The van der Waals surface area contributed by atoms with Gasteiger partial charge < -0.3 is 5.32 Å². The van der Waals surface area contributed by atoms with Crippen LogP contribution in [-0.4, -0.2) is 25.7 Å². The van der Waals surface area contributed by atoms with E-state index in [1.807, 2.05) is 39.0 Å². The molecule has 0 fully saturated rings. The van der Waals surface area contributed by atoms with Crippen molar-refractivity contribution >= 4 is 17.2 Å². The van der Waals surface area contributed by atoms with Crippen LogP contribution >= 0.6 is 11.3 Å². The highest BCUT2D eigenvalue weighted by molar-refractivity contribution is 7.13. The Balaban J connectivity index is 1.64. The lowest BCUT2D eigenvalue weighted by Gasteiger charge is -2.06. The number of hydrogen-bond donors (Lipinski definition) is 1. The van der Waals surface area contributed by atoms with Crippen molar-refractivity contribution in [3.63, 3.8) is 0 Å². The average molecular weight is 341 g/mol. The molecule has 124 valence electrons. The number of pyridine rings is 1. The van der Waals surface area contributed by atoms with Crippen LogP contribution in [0, 0.1) is 13.8 Å². The van der Waals surface area contributed by atoms with Crippen molar-refractivity contribution in [2.24, 2.45) is 0 Å². The van der Waals surface area contributed by atoms with E-state index in [0.29, 0.717) is 11.4 Å². The predicted molar refractivity (Wildman–Crippen MR) is 93.5 cm³/mol. The summed E-state index contributed by atoms with van der Waals surface area (Å²) in [5, 5.41) is 8.28. The Labute approximate surface area is 144 Å². The Bertz CT molecular complexity index is 850. The molecule has 0 unspecified atom stereocenters. The number of nitrogens with one attached hydrogen (secondary N) is 1. The molecule has 0 aromatic carbocycles. The van der Waals surface area contributed by atoms with Crippen LogP contribution in [0.2, 0.25) is 0 Å². The first-order chi connectivity index (χ1) is 11.6. The number of aryl methyl sites for hydroxylation is 3. The second-order valence-electron chi connectivity index (χ2n) is 5.52. The van der Waals surface area contributed by atoms with E-state index in [1.54, 1.807) is 17.1 Å². The van der Waals surface area contributed by atoms with Gasteiger partial charge >= 0.3 is 0 Å². The Morgan fingerprint density at radius 2 is 2.08 bits per heavy atom. The largest absolute Gasteiger partial charge is 0.347 e. The summed E-state index contributed by atoms with van der Waals surface area (Å²) < 4.78 is 1.81. The maximum Gasteiger partial charge on any atom is 0.263 e. The molecule has 1 N–H and O–H groups in total. The molecule has 0 radical (unpaired) electrons. The molecular formula is C17H19N5OS. The molecule has 24 heavy (non-hydrogen) atoms. The fourth-order valence-electron chi connectivity index (χ4n) is 2.36. The van der Waals surface area contributed by atoms with Gasteiger partial charge in [-0.15, -0.1) is 11.3 Å². The van der Waals surface area contributed by atoms with Gasteiger partial charge in [-0.25, -0.2) is 14.6 Å². The van der Waals surface area contributed by atoms with E-state index in [2.05, 4.69) is 20.4 Å². The minimum absolute atomic E-state index is 0.102. The highest BCUT2D eigenvalue weighted by Gasteiger charge is 2.10. The number of hydrogen-bond acceptors (Lipinski definition) is 5. The molecule has 0 aliphatic rings. The van der Waals surface area contributed by atoms with Gasteiger partial charge in [0.1, 0.15) is 4.88 Å². The standard InChI is InChI=1S/C17H19N5OS/c1-4-16-19-10-14(24-16)17(23)20-9-13-5-6-15(18-8-13)22-12(3)7-11(2)21-22/h5-8,10H,4,9H2,1-3H3,(H,20,23). The van der Waals surface area contributed by atoms with E-state index >= 15 is 0 Å². The molecule has 0 saturated heterocycles. The fraction of sp³-hybridized carbons (Fsp3) is 0.294. The summed E-state index contributed by atoms with van der Waals surface area (Å²) in [6.07, 6.45) is 4.23. The third-order valence-electron chi connectivity index (χ3n) is 3.57. The van der Waals surface area contributed by atoms with E-state index < -0.39 is 0 Å². The predicted octanol–water partition coefficient (Wildman–Crippen LogP) is 2.83. The molecule has 3 rings (SSSR count). The maximum atomic E-state index is 12.1. The van der Waals surface area contributed by atoms with Gasteiger partial charge in [-0.3, -0.25) is 4.79 Å². The van der Waals surface area contributed by atoms with Gasteiger partial charge in [-0.2, -0.15) is 5.10 Å². The van der Waals surface area contributed by atoms with E-state index in [-0.39, 0.29) is 5.91 Å². The molecule has 0 spiro atoms. The van der Waals surface area contributed by atoms with Gasteiger partial charge in [0.15, 0.2) is 5.82 Å². The van der Waals surface area contributed by atoms with Gasteiger partial charge in [-0.1, -0.05) is 13.0 Å². The summed E-state index contributed by atoms with van der Waals surface area (Å²) in [7, 11) is 0. The number of carbonyl (C=O) groups excluding carboxylic acids is 1. The van der Waals surface area contributed by atoms with E-state index in [0.717, 1.165) is 34.2 Å². The van der Waals surface area contributed by atoms with Crippen molar-refractivity contribution in [1.82, 2.24) is 25.1 Å². The Morgan fingerprint density at radius 1 is 1.25 bits per heavy atom. The Kier molecular flexibility index (Phi) is 4.71. The third kappa shape index (κ3) is 3.51. The van der Waals surface area contributed by atoms with Crippen LogP contribution in [0.3, 0.4) is 0 Å². The normalized spacial score (nSPS) is 10.8. The Morgan fingerprint density at radius 3 is 2.67 bits per heavy atom. The summed E-state index contributed by atoms with van der Waals surface area (Å²) in [6.45, 7) is 6.41. The van der Waals surface area contributed by atoms with Crippen LogP contribution in [-0.2, 0) is 13.0 Å². The monoisotopic (exact) mass is 341 g/mol. The fourth-order valence-corrected chi connectivity index (χ4v) is 3.13. The molecule has 0 aliphatic carbocycles. The molecule has 3 aromatic heterocycles. The minimum atomic E-state index is -0.102. The average Bonchev–Trinajstić information content (AvgIpc) is 3.19. The second-order valence-corrected chi connectivity index (χ2v) is 6.63. The first kappa shape index (κ1) is 16.3. The highest BCUT2D eigenvalue weighted by Crippen LogP contribution is 2.14. The number of amides is 1. The quantitative estimate of drug-likeness (QED) is 0.774. The van der Waals surface area contributed by atoms with Crippen LogP contribution in [0.25, 0.3) is 5.82 Å². The Hall–Kier alpha value is -2.54. The van der Waals surface area contributed by atoms with Crippen molar-refractivity contribution in [2.75, 3.05) is 0 Å². The molecule has 6 nitrogen and oxygen atoms in total. The zero-order chi connectivity index (χ0) is 17.1. The SMILES string of the molecule is CCc1ncc(C(=O)NCc2ccc(-n3nc(C)cc3C)nc2)s1. The van der Waals surface area contributed by atoms with E-state index in [1.165, 1.54) is 11.3 Å². The number of thiazole rings is 1. The lowest BCUT2D eigenvalue weighted by atomic mass is 10.2. The van der Waals surface area contributed by atoms with Gasteiger partial charge in [-0.05, 0) is 38.0 Å². The summed E-state index contributed by atoms with van der Waals surface area (Å²) in [4.78, 5) is 21.4. The molecule has 0 bridgehead atoms. The van der Waals surface area contributed by atoms with Crippen LogP contribution in [0.15, 0.2) is 30.6 Å². The molecular weight excluding hydrogens is 322 g/mol. The van der Waals surface area contributed by atoms with Crippen molar-refractivity contribution in [1.29, 1.82) is 0 Å². The van der Waals surface area contributed by atoms with Gasteiger partial charge in [0.25, 0.3) is 5.91 Å². The zero-order valence-corrected chi connectivity index (χ0v) is 14.7. The van der Waals surface area contributed by atoms with Crippen molar-refractivity contribution in [3.05, 3.63) is 57.4 Å². The zero-order valence-electron chi connectivity index (χ0n) is 13.9. The third-order valence-corrected chi connectivity index (χ3v) is 4.71. The van der Waals surface area contributed by atoms with Crippen LogP contribution in [0.4, 0.5) is 0 Å². The topological polar surface area (TPSA) is 72.7 Å².